The number of hydrogen-bond donors (Lipinski definition) is 2. The van der Waals surface area contributed by atoms with E-state index in [9.17, 15) is 13.9 Å². The Morgan fingerprint density at radius 1 is 1.25 bits per heavy atom. The molecule has 0 aromatic rings. The molecule has 4 heteroatoms. The van der Waals surface area contributed by atoms with Gasteiger partial charge >= 0.3 is 0 Å². The van der Waals surface area contributed by atoms with E-state index in [1.54, 1.807) is 0 Å². The van der Waals surface area contributed by atoms with Gasteiger partial charge in [-0.1, -0.05) is 0 Å². The topological polar surface area (TPSA) is 32.3 Å². The van der Waals surface area contributed by atoms with E-state index in [0.29, 0.717) is 0 Å². The number of aliphatic hydroxyl groups is 1. The number of hydrogen-bond acceptors (Lipinski definition) is 2. The first-order chi connectivity index (χ1) is 5.60. The average molecular weight is 177 g/mol. The van der Waals surface area contributed by atoms with E-state index in [1.165, 1.54) is 0 Å². The largest absolute Gasteiger partial charge is 0.384 e. The Balaban J connectivity index is 2.10. The first-order valence-electron chi connectivity index (χ1n) is 4.37. The Labute approximate surface area is 70.0 Å². The summed E-state index contributed by atoms with van der Waals surface area (Å²) in [6, 6.07) is 0.227. The van der Waals surface area contributed by atoms with E-state index < -0.39 is 12.0 Å². The van der Waals surface area contributed by atoms with Crippen LogP contribution < -0.4 is 5.32 Å². The molecule has 0 spiro atoms. The van der Waals surface area contributed by atoms with Gasteiger partial charge in [-0.2, -0.15) is 0 Å². The van der Waals surface area contributed by atoms with Crippen molar-refractivity contribution in [1.82, 2.24) is 5.32 Å². The highest BCUT2D eigenvalue weighted by molar-refractivity contribution is 5.00. The lowest BCUT2D eigenvalue weighted by atomic mass is 9.88. The van der Waals surface area contributed by atoms with Crippen molar-refractivity contribution in [2.24, 2.45) is 0 Å². The maximum absolute atomic E-state index is 12.4. The van der Waals surface area contributed by atoms with E-state index in [4.69, 9.17) is 0 Å². The normalized spacial score (nSPS) is 47.0. The average Bonchev–Trinajstić information content (AvgIpc) is 2.30. The zero-order valence-corrected chi connectivity index (χ0v) is 6.76. The van der Waals surface area contributed by atoms with Gasteiger partial charge in [-0.3, -0.25) is 0 Å². The zero-order chi connectivity index (χ0) is 8.77. The quantitative estimate of drug-likeness (QED) is 0.623. The van der Waals surface area contributed by atoms with Gasteiger partial charge in [0, 0.05) is 12.1 Å². The maximum atomic E-state index is 12.4. The Morgan fingerprint density at radius 2 is 1.75 bits per heavy atom. The molecule has 0 radical (unpaired) electrons. The minimum atomic E-state index is -2.59. The second kappa shape index (κ2) is 2.64. The molecule has 0 aromatic heterocycles. The molecule has 2 atom stereocenters. The fraction of sp³-hybridized carbons (Fsp3) is 1.00. The lowest BCUT2D eigenvalue weighted by Crippen LogP contribution is -2.52. The summed E-state index contributed by atoms with van der Waals surface area (Å²) in [5, 5.41) is 12.7. The molecule has 2 nitrogen and oxygen atoms in total. The van der Waals surface area contributed by atoms with Crippen molar-refractivity contribution < 1.29 is 13.9 Å². The van der Waals surface area contributed by atoms with Crippen molar-refractivity contribution in [2.75, 3.05) is 0 Å². The monoisotopic (exact) mass is 177 g/mol. The molecule has 2 aliphatic rings. The molecule has 2 fully saturated rings. The molecule has 2 aliphatic heterocycles. The summed E-state index contributed by atoms with van der Waals surface area (Å²) in [7, 11) is 0. The van der Waals surface area contributed by atoms with Crippen molar-refractivity contribution in [3.8, 4) is 0 Å². The van der Waals surface area contributed by atoms with Gasteiger partial charge in [0.15, 0.2) is 0 Å². The van der Waals surface area contributed by atoms with E-state index in [2.05, 4.69) is 5.32 Å². The first-order valence-corrected chi connectivity index (χ1v) is 4.37. The van der Waals surface area contributed by atoms with Crippen LogP contribution in [-0.2, 0) is 0 Å². The number of nitrogens with one attached hydrogen (secondary N) is 1. The summed E-state index contributed by atoms with van der Waals surface area (Å²) in [5.41, 5.74) is -1.71. The highest BCUT2D eigenvalue weighted by Crippen LogP contribution is 2.37. The Hall–Kier alpha value is -0.220. The summed E-state index contributed by atoms with van der Waals surface area (Å²) in [6.07, 6.45) is -0.315. The molecule has 0 aromatic carbocycles. The van der Waals surface area contributed by atoms with Crippen LogP contribution in [-0.4, -0.2) is 29.2 Å². The van der Waals surface area contributed by atoms with Crippen LogP contribution in [0.25, 0.3) is 0 Å². The van der Waals surface area contributed by atoms with Gasteiger partial charge in [0.25, 0.3) is 6.43 Å². The minimum absolute atomic E-state index is 0.114. The van der Waals surface area contributed by atoms with Crippen LogP contribution in [0.1, 0.15) is 25.7 Å². The van der Waals surface area contributed by atoms with Crippen LogP contribution in [0.15, 0.2) is 0 Å². The summed E-state index contributed by atoms with van der Waals surface area (Å²) < 4.78 is 24.8. The van der Waals surface area contributed by atoms with E-state index in [0.717, 1.165) is 12.8 Å². The molecular weight excluding hydrogens is 164 g/mol. The molecule has 0 aliphatic carbocycles. The smallest absolute Gasteiger partial charge is 0.266 e. The van der Waals surface area contributed by atoms with Crippen LogP contribution >= 0.6 is 0 Å². The highest BCUT2D eigenvalue weighted by atomic mass is 19.3. The lowest BCUT2D eigenvalue weighted by molar-refractivity contribution is -0.121. The number of halogens is 2. The fourth-order valence-electron chi connectivity index (χ4n) is 2.34. The van der Waals surface area contributed by atoms with E-state index in [-0.39, 0.29) is 24.9 Å². The molecule has 2 N–H and O–H groups in total. The molecule has 2 bridgehead atoms. The van der Waals surface area contributed by atoms with Crippen molar-refractivity contribution in [1.29, 1.82) is 0 Å². The number of rotatable bonds is 1. The van der Waals surface area contributed by atoms with Crippen molar-refractivity contribution in [3.63, 3.8) is 0 Å². The maximum Gasteiger partial charge on any atom is 0.266 e. The van der Waals surface area contributed by atoms with Crippen LogP contribution in [0.2, 0.25) is 0 Å². The highest BCUT2D eigenvalue weighted by Gasteiger charge is 2.47. The van der Waals surface area contributed by atoms with Crippen LogP contribution in [0, 0.1) is 0 Å². The third-order valence-electron chi connectivity index (χ3n) is 2.94. The Morgan fingerprint density at radius 3 is 2.17 bits per heavy atom. The third kappa shape index (κ3) is 1.23. The number of fused-ring (bicyclic) bond motifs is 2. The third-order valence-corrected chi connectivity index (χ3v) is 2.94. The number of piperidine rings is 1. The van der Waals surface area contributed by atoms with Gasteiger partial charge in [0.05, 0.1) is 0 Å². The molecule has 2 saturated heterocycles. The summed E-state index contributed by atoms with van der Waals surface area (Å²) in [5.74, 6) is 0. The molecule has 0 saturated carbocycles. The SMILES string of the molecule is OC1(C(F)F)CC2CCC(C1)N2. The van der Waals surface area contributed by atoms with Crippen LogP contribution in [0.5, 0.6) is 0 Å². The lowest BCUT2D eigenvalue weighted by Gasteiger charge is -2.36. The molecular formula is C8H13F2NO. The minimum Gasteiger partial charge on any atom is -0.384 e. The molecule has 70 valence electrons. The molecule has 0 amide bonds. The summed E-state index contributed by atoms with van der Waals surface area (Å²) in [4.78, 5) is 0. The molecule has 2 unspecified atom stereocenters. The standard InChI is InChI=1S/C8H13F2NO/c9-7(10)8(12)3-5-1-2-6(4-8)11-5/h5-7,11-12H,1-4H2. The zero-order valence-electron chi connectivity index (χ0n) is 6.76. The second-order valence-electron chi connectivity index (χ2n) is 3.95. The Bertz CT molecular complexity index is 174. The summed E-state index contributed by atoms with van der Waals surface area (Å²) >= 11 is 0. The Kier molecular flexibility index (Phi) is 1.84. The van der Waals surface area contributed by atoms with E-state index >= 15 is 0 Å². The predicted molar refractivity (Wildman–Crippen MR) is 40.1 cm³/mol. The van der Waals surface area contributed by atoms with Gasteiger partial charge in [-0.25, -0.2) is 8.78 Å². The second-order valence-corrected chi connectivity index (χ2v) is 3.95. The fourth-order valence-corrected chi connectivity index (χ4v) is 2.34. The van der Waals surface area contributed by atoms with Gasteiger partial charge in [0.1, 0.15) is 5.60 Å². The first kappa shape index (κ1) is 8.38. The van der Waals surface area contributed by atoms with Gasteiger partial charge in [0.2, 0.25) is 0 Å². The molecule has 2 heterocycles. The predicted octanol–water partition coefficient (Wildman–Crippen LogP) is 0.897. The van der Waals surface area contributed by atoms with Crippen molar-refractivity contribution in [2.45, 2.75) is 49.8 Å². The van der Waals surface area contributed by atoms with Crippen LogP contribution in [0.3, 0.4) is 0 Å². The van der Waals surface area contributed by atoms with E-state index in [1.807, 2.05) is 0 Å². The van der Waals surface area contributed by atoms with Gasteiger partial charge in [-0.15, -0.1) is 0 Å². The van der Waals surface area contributed by atoms with Crippen molar-refractivity contribution >= 4 is 0 Å². The number of alkyl halides is 2. The summed E-state index contributed by atoms with van der Waals surface area (Å²) in [6.45, 7) is 0. The van der Waals surface area contributed by atoms with Crippen LogP contribution in [0.4, 0.5) is 8.78 Å². The van der Waals surface area contributed by atoms with Crippen molar-refractivity contribution in [3.05, 3.63) is 0 Å². The van der Waals surface area contributed by atoms with Gasteiger partial charge < -0.3 is 10.4 Å². The molecule has 2 rings (SSSR count). The molecule has 12 heavy (non-hydrogen) atoms. The van der Waals surface area contributed by atoms with Gasteiger partial charge in [-0.05, 0) is 25.7 Å².